The Kier molecular flexibility index (Phi) is 4.97. The molecule has 2 unspecified atom stereocenters. The van der Waals surface area contributed by atoms with Crippen LogP contribution < -0.4 is 10.6 Å². The molecule has 0 aromatic heterocycles. The van der Waals surface area contributed by atoms with Gasteiger partial charge in [-0.05, 0) is 45.2 Å². The lowest BCUT2D eigenvalue weighted by Gasteiger charge is -2.28. The van der Waals surface area contributed by atoms with E-state index in [1.165, 1.54) is 11.1 Å². The number of hydrogen-bond donors (Lipinski definition) is 2. The topological polar surface area (TPSA) is 41.1 Å². The second-order valence-electron chi connectivity index (χ2n) is 5.52. The maximum absolute atomic E-state index is 12.1. The Morgan fingerprint density at radius 3 is 3.05 bits per heavy atom. The molecule has 1 aliphatic rings. The summed E-state index contributed by atoms with van der Waals surface area (Å²) in [5.74, 6) is 0.332. The summed E-state index contributed by atoms with van der Waals surface area (Å²) in [6, 6.07) is 8.76. The second-order valence-corrected chi connectivity index (χ2v) is 5.52. The van der Waals surface area contributed by atoms with Gasteiger partial charge < -0.3 is 10.6 Å². The third kappa shape index (κ3) is 4.06. The molecule has 104 valence electrons. The lowest BCUT2D eigenvalue weighted by atomic mass is 9.91. The van der Waals surface area contributed by atoms with Gasteiger partial charge in [-0.3, -0.25) is 4.79 Å². The second kappa shape index (κ2) is 6.71. The third-order valence-corrected chi connectivity index (χ3v) is 3.89. The highest BCUT2D eigenvalue weighted by molar-refractivity contribution is 5.79. The van der Waals surface area contributed by atoms with Crippen molar-refractivity contribution in [2.24, 2.45) is 5.92 Å². The molecule has 1 aromatic rings. The predicted octanol–water partition coefficient (Wildman–Crippen LogP) is 2.04. The van der Waals surface area contributed by atoms with Crippen molar-refractivity contribution in [2.75, 3.05) is 13.1 Å². The minimum Gasteiger partial charge on any atom is -0.355 e. The number of benzene rings is 1. The summed E-state index contributed by atoms with van der Waals surface area (Å²) in [6.45, 7) is 5.96. The average molecular weight is 260 g/mol. The Morgan fingerprint density at radius 1 is 1.47 bits per heavy atom. The van der Waals surface area contributed by atoms with Crippen LogP contribution in [0.2, 0.25) is 0 Å². The van der Waals surface area contributed by atoms with Gasteiger partial charge in [-0.2, -0.15) is 0 Å². The van der Waals surface area contributed by atoms with Crippen LogP contribution in [0, 0.1) is 12.8 Å². The quantitative estimate of drug-likeness (QED) is 0.870. The van der Waals surface area contributed by atoms with Crippen LogP contribution in [0.3, 0.4) is 0 Å². The first-order valence-corrected chi connectivity index (χ1v) is 7.23. The number of carbonyl (C=O) groups excluding carboxylic acids is 1. The van der Waals surface area contributed by atoms with E-state index in [2.05, 4.69) is 48.7 Å². The minimum absolute atomic E-state index is 0.131. The molecule has 19 heavy (non-hydrogen) atoms. The monoisotopic (exact) mass is 260 g/mol. The van der Waals surface area contributed by atoms with E-state index < -0.39 is 0 Å². The van der Waals surface area contributed by atoms with Crippen LogP contribution in [0.25, 0.3) is 0 Å². The summed E-state index contributed by atoms with van der Waals surface area (Å²) in [4.78, 5) is 12.1. The Morgan fingerprint density at radius 2 is 2.32 bits per heavy atom. The molecule has 2 atom stereocenters. The molecule has 1 fully saturated rings. The maximum atomic E-state index is 12.1. The number of carbonyl (C=O) groups is 1. The van der Waals surface area contributed by atoms with Gasteiger partial charge in [-0.1, -0.05) is 29.8 Å². The van der Waals surface area contributed by atoms with Gasteiger partial charge in [0.2, 0.25) is 5.91 Å². The first-order valence-electron chi connectivity index (χ1n) is 7.23. The molecular formula is C16H24N2O. The molecule has 1 heterocycles. The maximum Gasteiger partial charge on any atom is 0.224 e. The van der Waals surface area contributed by atoms with Gasteiger partial charge in [-0.25, -0.2) is 0 Å². The van der Waals surface area contributed by atoms with Gasteiger partial charge in [-0.15, -0.1) is 0 Å². The summed E-state index contributed by atoms with van der Waals surface area (Å²) in [6.07, 6.45) is 3.01. The zero-order valence-electron chi connectivity index (χ0n) is 11.9. The Hall–Kier alpha value is -1.35. The molecule has 0 saturated carbocycles. The predicted molar refractivity (Wildman–Crippen MR) is 78.1 cm³/mol. The van der Waals surface area contributed by atoms with E-state index in [1.54, 1.807) is 0 Å². The van der Waals surface area contributed by atoms with E-state index in [1.807, 2.05) is 0 Å². The summed E-state index contributed by atoms with van der Waals surface area (Å²) in [7, 11) is 0. The van der Waals surface area contributed by atoms with E-state index in [9.17, 15) is 4.79 Å². The van der Waals surface area contributed by atoms with Gasteiger partial charge in [0.25, 0.3) is 0 Å². The van der Waals surface area contributed by atoms with Crippen molar-refractivity contribution in [3.05, 3.63) is 35.4 Å². The summed E-state index contributed by atoms with van der Waals surface area (Å²) in [5, 5.41) is 6.44. The molecular weight excluding hydrogens is 236 g/mol. The van der Waals surface area contributed by atoms with Gasteiger partial charge >= 0.3 is 0 Å². The summed E-state index contributed by atoms with van der Waals surface area (Å²) in [5.41, 5.74) is 2.56. The SMILES string of the molecule is Cc1cccc(CCNC(=O)C2CCCNC2C)c1. The zero-order valence-corrected chi connectivity index (χ0v) is 11.9. The van der Waals surface area contributed by atoms with E-state index in [0.717, 1.165) is 32.4 Å². The molecule has 0 spiro atoms. The van der Waals surface area contributed by atoms with Crippen LogP contribution in [0.4, 0.5) is 0 Å². The zero-order chi connectivity index (χ0) is 13.7. The lowest BCUT2D eigenvalue weighted by molar-refractivity contribution is -0.126. The molecule has 2 N–H and O–H groups in total. The van der Waals surface area contributed by atoms with Crippen molar-refractivity contribution in [1.29, 1.82) is 0 Å². The van der Waals surface area contributed by atoms with E-state index in [4.69, 9.17) is 0 Å². The summed E-state index contributed by atoms with van der Waals surface area (Å²) >= 11 is 0. The van der Waals surface area contributed by atoms with Crippen molar-refractivity contribution in [3.63, 3.8) is 0 Å². The highest BCUT2D eigenvalue weighted by atomic mass is 16.1. The first kappa shape index (κ1) is 14.1. The molecule has 1 aliphatic heterocycles. The van der Waals surface area contributed by atoms with Crippen LogP contribution >= 0.6 is 0 Å². The largest absolute Gasteiger partial charge is 0.355 e. The molecule has 0 bridgehead atoms. The van der Waals surface area contributed by atoms with Gasteiger partial charge in [0.1, 0.15) is 0 Å². The molecule has 1 amide bonds. The van der Waals surface area contributed by atoms with Crippen LogP contribution in [0.15, 0.2) is 24.3 Å². The van der Waals surface area contributed by atoms with Crippen molar-refractivity contribution < 1.29 is 4.79 Å². The highest BCUT2D eigenvalue weighted by Gasteiger charge is 2.26. The van der Waals surface area contributed by atoms with Crippen molar-refractivity contribution in [1.82, 2.24) is 10.6 Å². The molecule has 0 aliphatic carbocycles. The molecule has 1 saturated heterocycles. The van der Waals surface area contributed by atoms with E-state index in [-0.39, 0.29) is 11.8 Å². The Balaban J connectivity index is 1.77. The van der Waals surface area contributed by atoms with Crippen LogP contribution in [-0.4, -0.2) is 25.0 Å². The summed E-state index contributed by atoms with van der Waals surface area (Å²) < 4.78 is 0. The molecule has 0 radical (unpaired) electrons. The fourth-order valence-corrected chi connectivity index (χ4v) is 2.73. The standard InChI is InChI=1S/C16H24N2O/c1-12-5-3-6-14(11-12)8-10-18-16(19)15-7-4-9-17-13(15)2/h3,5-6,11,13,15,17H,4,7-10H2,1-2H3,(H,18,19). The van der Waals surface area contributed by atoms with Crippen LogP contribution in [0.1, 0.15) is 30.9 Å². The number of hydrogen-bond acceptors (Lipinski definition) is 2. The van der Waals surface area contributed by atoms with Gasteiger partial charge in [0, 0.05) is 12.6 Å². The average Bonchev–Trinajstić information content (AvgIpc) is 2.39. The first-order chi connectivity index (χ1) is 9.16. The highest BCUT2D eigenvalue weighted by Crippen LogP contribution is 2.16. The fraction of sp³-hybridized carbons (Fsp3) is 0.562. The number of nitrogens with one attached hydrogen (secondary N) is 2. The number of amides is 1. The number of piperidine rings is 1. The molecule has 1 aromatic carbocycles. The fourth-order valence-electron chi connectivity index (χ4n) is 2.73. The van der Waals surface area contributed by atoms with Crippen molar-refractivity contribution >= 4 is 5.91 Å². The lowest BCUT2D eigenvalue weighted by Crippen LogP contribution is -2.47. The Bertz CT molecular complexity index is 431. The smallest absolute Gasteiger partial charge is 0.224 e. The van der Waals surface area contributed by atoms with E-state index >= 15 is 0 Å². The van der Waals surface area contributed by atoms with Crippen molar-refractivity contribution in [2.45, 2.75) is 39.2 Å². The van der Waals surface area contributed by atoms with Crippen molar-refractivity contribution in [3.8, 4) is 0 Å². The Labute approximate surface area is 115 Å². The molecule has 2 rings (SSSR count). The minimum atomic E-state index is 0.131. The van der Waals surface area contributed by atoms with Crippen LogP contribution in [0.5, 0.6) is 0 Å². The van der Waals surface area contributed by atoms with E-state index in [0.29, 0.717) is 6.04 Å². The normalized spacial score (nSPS) is 23.1. The number of rotatable bonds is 4. The van der Waals surface area contributed by atoms with Crippen LogP contribution in [-0.2, 0) is 11.2 Å². The number of aryl methyl sites for hydroxylation is 1. The molecule has 3 nitrogen and oxygen atoms in total. The van der Waals surface area contributed by atoms with Gasteiger partial charge in [0.15, 0.2) is 0 Å². The van der Waals surface area contributed by atoms with Gasteiger partial charge in [0.05, 0.1) is 5.92 Å². The third-order valence-electron chi connectivity index (χ3n) is 3.89. The molecule has 3 heteroatoms.